The normalized spacial score (nSPS) is 10.8. The second-order valence-corrected chi connectivity index (χ2v) is 6.03. The van der Waals surface area contributed by atoms with E-state index in [1.807, 2.05) is 45.0 Å². The molecule has 8 heteroatoms. The number of rotatable bonds is 11. The molecule has 0 spiro atoms. The molecular weight excluding hydrogens is 354 g/mol. The monoisotopic (exact) mass is 379 g/mol. The highest BCUT2D eigenvalue weighted by atomic mass is 32.1. The van der Waals surface area contributed by atoms with Crippen molar-refractivity contribution < 1.29 is 19.0 Å². The summed E-state index contributed by atoms with van der Waals surface area (Å²) in [7, 11) is 0. The topological polar surface area (TPSA) is 81.7 Å². The smallest absolute Gasteiger partial charge is 0.271 e. The molecule has 0 aliphatic heterocycles. The molecule has 0 unspecified atom stereocenters. The fourth-order valence-corrected chi connectivity index (χ4v) is 2.88. The minimum absolute atomic E-state index is 0.259. The molecule has 1 heterocycles. The Morgan fingerprint density at radius 1 is 1.12 bits per heavy atom. The zero-order chi connectivity index (χ0) is 18.8. The number of amides is 1. The third-order valence-electron chi connectivity index (χ3n) is 3.29. The first-order valence-corrected chi connectivity index (χ1v) is 9.51. The molecule has 26 heavy (non-hydrogen) atoms. The molecule has 1 aromatic heterocycles. The third-order valence-corrected chi connectivity index (χ3v) is 4.05. The predicted molar refractivity (Wildman–Crippen MR) is 102 cm³/mol. The summed E-state index contributed by atoms with van der Waals surface area (Å²) in [5, 5.41) is 8.31. The number of hydrogen-bond donors (Lipinski definition) is 2. The fourth-order valence-electron chi connectivity index (χ4n) is 2.16. The van der Waals surface area contributed by atoms with Gasteiger partial charge in [0.1, 0.15) is 11.4 Å². The summed E-state index contributed by atoms with van der Waals surface area (Å²) in [5.74, 6) is 0.556. The number of hydrogen-bond acceptors (Lipinski definition) is 7. The highest BCUT2D eigenvalue weighted by molar-refractivity contribution is 7.14. The zero-order valence-corrected chi connectivity index (χ0v) is 16.1. The SMILES string of the molecule is CCOc1ccc(Nc2nc(C(=O)NCC(OCC)OCC)cs2)cc1. The number of thiazole rings is 1. The molecule has 0 bridgehead atoms. The van der Waals surface area contributed by atoms with Crippen LogP contribution in [0.1, 0.15) is 31.3 Å². The Kier molecular flexibility index (Phi) is 8.33. The molecule has 0 atom stereocenters. The maximum atomic E-state index is 12.2. The molecule has 0 saturated heterocycles. The molecule has 0 aliphatic rings. The number of anilines is 2. The molecule has 2 N–H and O–H groups in total. The second kappa shape index (κ2) is 10.7. The maximum Gasteiger partial charge on any atom is 0.271 e. The predicted octanol–water partition coefficient (Wildman–Crippen LogP) is 3.41. The van der Waals surface area contributed by atoms with Crippen LogP contribution in [-0.4, -0.2) is 43.5 Å². The highest BCUT2D eigenvalue weighted by Crippen LogP contribution is 2.23. The average Bonchev–Trinajstić information content (AvgIpc) is 3.10. The molecular formula is C18H25N3O4S. The Labute approximate surface area is 157 Å². The van der Waals surface area contributed by atoms with E-state index in [0.29, 0.717) is 30.6 Å². The van der Waals surface area contributed by atoms with Crippen molar-refractivity contribution >= 4 is 28.1 Å². The van der Waals surface area contributed by atoms with Crippen LogP contribution in [0.5, 0.6) is 5.75 Å². The van der Waals surface area contributed by atoms with Gasteiger partial charge in [0.15, 0.2) is 11.4 Å². The lowest BCUT2D eigenvalue weighted by Crippen LogP contribution is -2.35. The van der Waals surface area contributed by atoms with Gasteiger partial charge in [0, 0.05) is 24.3 Å². The second-order valence-electron chi connectivity index (χ2n) is 5.17. The van der Waals surface area contributed by atoms with Crippen molar-refractivity contribution in [1.29, 1.82) is 0 Å². The highest BCUT2D eigenvalue weighted by Gasteiger charge is 2.14. The first kappa shape index (κ1) is 20.2. The van der Waals surface area contributed by atoms with Gasteiger partial charge in [-0.25, -0.2) is 4.98 Å². The van der Waals surface area contributed by atoms with Gasteiger partial charge in [0.2, 0.25) is 0 Å². The minimum Gasteiger partial charge on any atom is -0.494 e. The summed E-state index contributed by atoms with van der Waals surface area (Å²) in [5.41, 5.74) is 1.23. The number of aromatic nitrogens is 1. The molecule has 0 radical (unpaired) electrons. The van der Waals surface area contributed by atoms with Crippen LogP contribution >= 0.6 is 11.3 Å². The van der Waals surface area contributed by atoms with Crippen LogP contribution in [0, 0.1) is 0 Å². The van der Waals surface area contributed by atoms with Crippen molar-refractivity contribution in [3.63, 3.8) is 0 Å². The van der Waals surface area contributed by atoms with Gasteiger partial charge in [0.05, 0.1) is 13.2 Å². The van der Waals surface area contributed by atoms with E-state index >= 15 is 0 Å². The molecule has 2 aromatic rings. The van der Waals surface area contributed by atoms with E-state index in [9.17, 15) is 4.79 Å². The van der Waals surface area contributed by atoms with E-state index in [4.69, 9.17) is 14.2 Å². The summed E-state index contributed by atoms with van der Waals surface area (Å²) >= 11 is 1.37. The Morgan fingerprint density at radius 2 is 1.81 bits per heavy atom. The summed E-state index contributed by atoms with van der Waals surface area (Å²) < 4.78 is 16.2. The number of carbonyl (C=O) groups is 1. The van der Waals surface area contributed by atoms with Gasteiger partial charge in [-0.3, -0.25) is 4.79 Å². The molecule has 0 fully saturated rings. The quantitative estimate of drug-likeness (QED) is 0.582. The van der Waals surface area contributed by atoms with E-state index in [-0.39, 0.29) is 12.5 Å². The molecule has 1 amide bonds. The summed E-state index contributed by atoms with van der Waals surface area (Å²) in [4.78, 5) is 16.5. The molecule has 0 saturated carbocycles. The van der Waals surface area contributed by atoms with Crippen molar-refractivity contribution in [1.82, 2.24) is 10.3 Å². The largest absolute Gasteiger partial charge is 0.494 e. The van der Waals surface area contributed by atoms with Crippen molar-refractivity contribution in [2.75, 3.05) is 31.7 Å². The van der Waals surface area contributed by atoms with Gasteiger partial charge >= 0.3 is 0 Å². The maximum absolute atomic E-state index is 12.2. The summed E-state index contributed by atoms with van der Waals surface area (Å²) in [6.07, 6.45) is -0.450. The summed E-state index contributed by atoms with van der Waals surface area (Å²) in [6, 6.07) is 7.57. The Bertz CT molecular complexity index is 669. The van der Waals surface area contributed by atoms with Crippen molar-refractivity contribution in [2.45, 2.75) is 27.1 Å². The van der Waals surface area contributed by atoms with E-state index in [0.717, 1.165) is 11.4 Å². The number of nitrogens with zero attached hydrogens (tertiary/aromatic N) is 1. The van der Waals surface area contributed by atoms with Gasteiger partial charge in [-0.15, -0.1) is 11.3 Å². The van der Waals surface area contributed by atoms with Crippen LogP contribution in [0.2, 0.25) is 0 Å². The number of nitrogens with one attached hydrogen (secondary N) is 2. The molecule has 1 aromatic carbocycles. The lowest BCUT2D eigenvalue weighted by molar-refractivity contribution is -0.131. The van der Waals surface area contributed by atoms with Gasteiger partial charge in [0.25, 0.3) is 5.91 Å². The van der Waals surface area contributed by atoms with Crippen LogP contribution in [0.3, 0.4) is 0 Å². The van der Waals surface area contributed by atoms with Crippen LogP contribution in [0.25, 0.3) is 0 Å². The van der Waals surface area contributed by atoms with E-state index in [1.165, 1.54) is 11.3 Å². The minimum atomic E-state index is -0.450. The lowest BCUT2D eigenvalue weighted by atomic mass is 10.3. The summed E-state index contributed by atoms with van der Waals surface area (Å²) in [6.45, 7) is 7.66. The Hall–Kier alpha value is -2.16. The van der Waals surface area contributed by atoms with E-state index in [1.54, 1.807) is 5.38 Å². The number of carbonyl (C=O) groups excluding carboxylic acids is 1. The number of ether oxygens (including phenoxy) is 3. The Morgan fingerprint density at radius 3 is 2.42 bits per heavy atom. The van der Waals surface area contributed by atoms with Crippen molar-refractivity contribution in [3.05, 3.63) is 35.3 Å². The van der Waals surface area contributed by atoms with Gasteiger partial charge in [-0.05, 0) is 45.0 Å². The fraction of sp³-hybridized carbons (Fsp3) is 0.444. The van der Waals surface area contributed by atoms with Gasteiger partial charge in [-0.1, -0.05) is 0 Å². The molecule has 0 aliphatic carbocycles. The standard InChI is InChI=1S/C18H25N3O4S/c1-4-23-14-9-7-13(8-10-14)20-18-21-15(12-26-18)17(22)19-11-16(24-5-2)25-6-3/h7-10,12,16H,4-6,11H2,1-3H3,(H,19,22)(H,20,21). The number of benzene rings is 1. The first-order chi connectivity index (χ1) is 12.7. The van der Waals surface area contributed by atoms with Crippen molar-refractivity contribution in [2.24, 2.45) is 0 Å². The van der Waals surface area contributed by atoms with Crippen LogP contribution < -0.4 is 15.4 Å². The van der Waals surface area contributed by atoms with E-state index in [2.05, 4.69) is 15.6 Å². The molecule has 7 nitrogen and oxygen atoms in total. The first-order valence-electron chi connectivity index (χ1n) is 8.63. The molecule has 142 valence electrons. The van der Waals surface area contributed by atoms with Gasteiger partial charge < -0.3 is 24.8 Å². The van der Waals surface area contributed by atoms with Crippen LogP contribution in [0.4, 0.5) is 10.8 Å². The average molecular weight is 379 g/mol. The van der Waals surface area contributed by atoms with E-state index < -0.39 is 6.29 Å². The lowest BCUT2D eigenvalue weighted by Gasteiger charge is -2.16. The Balaban J connectivity index is 1.88. The molecule has 2 rings (SSSR count). The van der Waals surface area contributed by atoms with Gasteiger partial charge in [-0.2, -0.15) is 0 Å². The van der Waals surface area contributed by atoms with Crippen molar-refractivity contribution in [3.8, 4) is 5.75 Å². The van der Waals surface area contributed by atoms with Crippen LogP contribution in [-0.2, 0) is 9.47 Å². The van der Waals surface area contributed by atoms with Crippen LogP contribution in [0.15, 0.2) is 29.6 Å². The zero-order valence-electron chi connectivity index (χ0n) is 15.3. The third kappa shape index (κ3) is 6.29.